The highest BCUT2D eigenvalue weighted by molar-refractivity contribution is 6.02. The molecule has 3 rings (SSSR count). The van der Waals surface area contributed by atoms with E-state index in [0.29, 0.717) is 11.3 Å². The van der Waals surface area contributed by atoms with Crippen LogP contribution in [0.1, 0.15) is 22.8 Å². The number of carbonyl (C=O) groups excluding carboxylic acids is 1. The van der Waals surface area contributed by atoms with E-state index in [0.717, 1.165) is 4.57 Å². The van der Waals surface area contributed by atoms with Crippen molar-refractivity contribution >= 4 is 11.6 Å². The predicted molar refractivity (Wildman–Crippen MR) is 98.2 cm³/mol. The minimum Gasteiger partial charge on any atom is -0.493 e. The van der Waals surface area contributed by atoms with Crippen LogP contribution in [-0.2, 0) is 0 Å². The molecule has 27 heavy (non-hydrogen) atoms. The molecule has 0 saturated carbocycles. The summed E-state index contributed by atoms with van der Waals surface area (Å²) in [6.45, 7) is 1.43. The predicted octanol–water partition coefficient (Wildman–Crippen LogP) is 0.780. The van der Waals surface area contributed by atoms with Crippen molar-refractivity contribution in [1.29, 1.82) is 0 Å². The summed E-state index contributed by atoms with van der Waals surface area (Å²) in [6.07, 6.45) is 2.91. The van der Waals surface area contributed by atoms with E-state index in [4.69, 9.17) is 0 Å². The van der Waals surface area contributed by atoms with Crippen LogP contribution in [0.5, 0.6) is 5.88 Å². The molecule has 3 aromatic rings. The number of H-pyrrole nitrogens is 1. The largest absolute Gasteiger partial charge is 0.493 e. The Morgan fingerprint density at radius 2 is 1.81 bits per heavy atom. The Labute approximate surface area is 152 Å². The third-order valence-corrected chi connectivity index (χ3v) is 3.73. The summed E-state index contributed by atoms with van der Waals surface area (Å²) in [5, 5.41) is 14.4. The first-order valence-corrected chi connectivity index (χ1v) is 7.88. The molecular weight excluding hydrogens is 350 g/mol. The molecule has 0 fully saturated rings. The third kappa shape index (κ3) is 3.66. The average Bonchev–Trinajstić information content (AvgIpc) is 2.67. The molecule has 0 spiro atoms. The number of aromatic hydroxyl groups is 1. The average molecular weight is 365 g/mol. The molecule has 136 valence electrons. The zero-order valence-corrected chi connectivity index (χ0v) is 14.2. The van der Waals surface area contributed by atoms with Crippen molar-refractivity contribution in [3.8, 4) is 11.6 Å². The number of benzene rings is 1. The van der Waals surface area contributed by atoms with Gasteiger partial charge in [0.15, 0.2) is 0 Å². The summed E-state index contributed by atoms with van der Waals surface area (Å²) in [5.41, 5.74) is 1.18. The van der Waals surface area contributed by atoms with Gasteiger partial charge in [-0.15, -0.1) is 0 Å². The Morgan fingerprint density at radius 1 is 1.15 bits per heavy atom. The van der Waals surface area contributed by atoms with Gasteiger partial charge in [-0.05, 0) is 31.2 Å². The second-order valence-electron chi connectivity index (χ2n) is 5.50. The van der Waals surface area contributed by atoms with Gasteiger partial charge in [-0.2, -0.15) is 5.10 Å². The normalized spacial score (nSPS) is 11.2. The minimum atomic E-state index is -0.816. The van der Waals surface area contributed by atoms with Crippen molar-refractivity contribution in [3.05, 3.63) is 86.8 Å². The number of aromatic amines is 1. The second kappa shape index (κ2) is 7.48. The number of hydrogen-bond donors (Lipinski definition) is 3. The molecule has 0 atom stereocenters. The van der Waals surface area contributed by atoms with Crippen LogP contribution in [0, 0.1) is 0 Å². The zero-order chi connectivity index (χ0) is 19.4. The summed E-state index contributed by atoms with van der Waals surface area (Å²) in [4.78, 5) is 42.3. The fourth-order valence-corrected chi connectivity index (χ4v) is 2.43. The van der Waals surface area contributed by atoms with Crippen LogP contribution < -0.4 is 16.7 Å². The van der Waals surface area contributed by atoms with Crippen molar-refractivity contribution in [2.75, 3.05) is 0 Å². The Balaban J connectivity index is 2.00. The van der Waals surface area contributed by atoms with Gasteiger partial charge in [-0.3, -0.25) is 19.6 Å². The highest BCUT2D eigenvalue weighted by atomic mass is 16.3. The number of nitrogens with one attached hydrogen (secondary N) is 2. The molecular formula is C18H15N5O4. The van der Waals surface area contributed by atoms with Crippen LogP contribution in [0.2, 0.25) is 0 Å². The number of hydrogen-bond acceptors (Lipinski definition) is 6. The summed E-state index contributed by atoms with van der Waals surface area (Å²) < 4.78 is 0.945. The van der Waals surface area contributed by atoms with E-state index in [9.17, 15) is 19.5 Å². The van der Waals surface area contributed by atoms with E-state index in [1.807, 2.05) is 0 Å². The van der Waals surface area contributed by atoms with Crippen LogP contribution in [0.15, 0.2) is 69.5 Å². The zero-order valence-electron chi connectivity index (χ0n) is 14.2. The van der Waals surface area contributed by atoms with E-state index < -0.39 is 23.0 Å². The number of pyridine rings is 1. The lowest BCUT2D eigenvalue weighted by molar-refractivity contribution is 0.0954. The molecule has 9 heteroatoms. The summed E-state index contributed by atoms with van der Waals surface area (Å²) >= 11 is 0. The highest BCUT2D eigenvalue weighted by Gasteiger charge is 2.18. The maximum atomic E-state index is 12.2. The highest BCUT2D eigenvalue weighted by Crippen LogP contribution is 2.16. The molecule has 1 amide bonds. The lowest BCUT2D eigenvalue weighted by Gasteiger charge is -2.11. The Bertz CT molecular complexity index is 1120. The molecule has 9 nitrogen and oxygen atoms in total. The Kier molecular flexibility index (Phi) is 4.93. The van der Waals surface area contributed by atoms with Gasteiger partial charge in [0.2, 0.25) is 5.88 Å². The van der Waals surface area contributed by atoms with Crippen molar-refractivity contribution < 1.29 is 9.90 Å². The minimum absolute atomic E-state index is 0.0286. The molecule has 0 unspecified atom stereocenters. The first-order chi connectivity index (χ1) is 13.0. The number of aromatic nitrogens is 3. The Morgan fingerprint density at radius 3 is 2.48 bits per heavy atom. The third-order valence-electron chi connectivity index (χ3n) is 3.73. The standard InChI is InChI=1S/C18H15N5O4/c1-11(21-22-15(24)12-7-9-19-10-8-12)14-16(25)20-18(27)23(17(14)26)13-5-3-2-4-6-13/h2-10,26H,1H3,(H,22,24)(H,20,25,27). The van der Waals surface area contributed by atoms with Gasteiger partial charge in [0.25, 0.3) is 11.5 Å². The van der Waals surface area contributed by atoms with Gasteiger partial charge in [-0.25, -0.2) is 14.8 Å². The molecule has 1 aromatic carbocycles. The molecule has 2 heterocycles. The van der Waals surface area contributed by atoms with Crippen molar-refractivity contribution in [3.63, 3.8) is 0 Å². The van der Waals surface area contributed by atoms with Gasteiger partial charge in [0.05, 0.1) is 11.4 Å². The first kappa shape index (κ1) is 17.8. The van der Waals surface area contributed by atoms with Crippen LogP contribution in [0.4, 0.5) is 0 Å². The summed E-state index contributed by atoms with van der Waals surface area (Å²) in [7, 11) is 0. The molecule has 0 saturated heterocycles. The quantitative estimate of drug-likeness (QED) is 0.465. The van der Waals surface area contributed by atoms with E-state index in [1.165, 1.54) is 31.5 Å². The van der Waals surface area contributed by atoms with E-state index in [-0.39, 0.29) is 11.3 Å². The van der Waals surface area contributed by atoms with Gasteiger partial charge in [0.1, 0.15) is 5.56 Å². The van der Waals surface area contributed by atoms with E-state index in [1.54, 1.807) is 30.3 Å². The smallest absolute Gasteiger partial charge is 0.335 e. The SMILES string of the molecule is CC(=NNC(=O)c1ccncc1)c1c(O)n(-c2ccccc2)c(=O)[nH]c1=O. The first-order valence-electron chi connectivity index (χ1n) is 7.88. The summed E-state index contributed by atoms with van der Waals surface area (Å²) in [5.74, 6) is -1.08. The molecule has 0 radical (unpaired) electrons. The lowest BCUT2D eigenvalue weighted by Crippen LogP contribution is -2.33. The Hall–Kier alpha value is -4.01. The lowest BCUT2D eigenvalue weighted by atomic mass is 10.2. The molecule has 3 N–H and O–H groups in total. The molecule has 0 aliphatic heterocycles. The maximum Gasteiger partial charge on any atom is 0.335 e. The van der Waals surface area contributed by atoms with Gasteiger partial charge in [-0.1, -0.05) is 18.2 Å². The molecule has 2 aromatic heterocycles. The van der Waals surface area contributed by atoms with Crippen LogP contribution >= 0.6 is 0 Å². The topological polar surface area (TPSA) is 129 Å². The fourth-order valence-electron chi connectivity index (χ4n) is 2.43. The van der Waals surface area contributed by atoms with Crippen LogP contribution in [-0.4, -0.2) is 31.3 Å². The van der Waals surface area contributed by atoms with Crippen LogP contribution in [0.25, 0.3) is 5.69 Å². The summed E-state index contributed by atoms with van der Waals surface area (Å²) in [6, 6.07) is 11.3. The number of nitrogens with zero attached hydrogens (tertiary/aromatic N) is 3. The molecule has 0 aliphatic carbocycles. The van der Waals surface area contributed by atoms with E-state index >= 15 is 0 Å². The van der Waals surface area contributed by atoms with E-state index in [2.05, 4.69) is 20.5 Å². The fraction of sp³-hybridized carbons (Fsp3) is 0.0556. The van der Waals surface area contributed by atoms with Crippen molar-refractivity contribution in [1.82, 2.24) is 20.0 Å². The second-order valence-corrected chi connectivity index (χ2v) is 5.50. The molecule has 0 aliphatic rings. The van der Waals surface area contributed by atoms with Gasteiger partial charge < -0.3 is 5.11 Å². The molecule has 0 bridgehead atoms. The van der Waals surface area contributed by atoms with Gasteiger partial charge >= 0.3 is 5.69 Å². The number of para-hydroxylation sites is 1. The number of carbonyl (C=O) groups is 1. The van der Waals surface area contributed by atoms with Crippen LogP contribution in [0.3, 0.4) is 0 Å². The van der Waals surface area contributed by atoms with Gasteiger partial charge in [0, 0.05) is 18.0 Å². The van der Waals surface area contributed by atoms with Crippen molar-refractivity contribution in [2.45, 2.75) is 6.92 Å². The van der Waals surface area contributed by atoms with Crippen molar-refractivity contribution in [2.24, 2.45) is 5.10 Å². The monoisotopic (exact) mass is 365 g/mol. The maximum absolute atomic E-state index is 12.2. The number of rotatable bonds is 4. The number of amides is 1. The number of hydrazone groups is 1.